The second-order valence-electron chi connectivity index (χ2n) is 5.06. The summed E-state index contributed by atoms with van der Waals surface area (Å²) in [6, 6.07) is 2.87. The third kappa shape index (κ3) is 3.01. The number of benzene rings is 1. The summed E-state index contributed by atoms with van der Waals surface area (Å²) in [6.45, 7) is 1.83. The molecule has 1 aromatic rings. The minimum absolute atomic E-state index is 0.0431. The molecule has 0 saturated carbocycles. The average molecular weight is 315 g/mol. The topological polar surface area (TPSA) is 96.0 Å². The minimum atomic E-state index is -3.82. The highest BCUT2D eigenvalue weighted by Gasteiger charge is 2.36. The lowest BCUT2D eigenvalue weighted by molar-refractivity contribution is 0.281. The molecule has 0 radical (unpaired) electrons. The lowest BCUT2D eigenvalue weighted by Crippen LogP contribution is -2.50. The van der Waals surface area contributed by atoms with Crippen LogP contribution in [0.2, 0.25) is 0 Å². The molecular weight excluding hydrogens is 297 g/mol. The number of piperidine rings is 1. The van der Waals surface area contributed by atoms with Crippen molar-refractivity contribution in [2.24, 2.45) is 10.9 Å². The molecule has 1 atom stereocenters. The molecule has 3 N–H and O–H groups in total. The van der Waals surface area contributed by atoms with E-state index in [4.69, 9.17) is 10.9 Å². The Hall–Kier alpha value is -1.67. The summed E-state index contributed by atoms with van der Waals surface area (Å²) in [6.07, 6.45) is 2.00. The highest BCUT2D eigenvalue weighted by Crippen LogP contribution is 2.27. The van der Waals surface area contributed by atoms with Crippen LogP contribution in [0.15, 0.2) is 28.3 Å². The van der Waals surface area contributed by atoms with Crippen LogP contribution in [0.25, 0.3) is 0 Å². The first-order valence-corrected chi connectivity index (χ1v) is 8.07. The number of nitrogens with zero attached hydrogens (tertiary/aromatic N) is 2. The van der Waals surface area contributed by atoms with E-state index in [0.29, 0.717) is 24.9 Å². The summed E-state index contributed by atoms with van der Waals surface area (Å²) < 4.78 is 39.9. The zero-order chi connectivity index (χ0) is 15.6. The standard InChI is InChI=1S/C13H18FN3O3S/c1-9-8-10(14)5-6-12(9)21(19,20)17-7-3-2-4-11(17)13(15)16-18/h5-6,8,11,18H,2-4,7H2,1H3,(H2,15,16). The molecule has 1 saturated heterocycles. The molecule has 0 aliphatic carbocycles. The van der Waals surface area contributed by atoms with Crippen molar-refractivity contribution in [3.63, 3.8) is 0 Å². The van der Waals surface area contributed by atoms with Gasteiger partial charge >= 0.3 is 0 Å². The van der Waals surface area contributed by atoms with Crippen LogP contribution in [0, 0.1) is 12.7 Å². The molecule has 1 aliphatic rings. The van der Waals surface area contributed by atoms with Crippen LogP contribution < -0.4 is 5.73 Å². The molecule has 1 heterocycles. The summed E-state index contributed by atoms with van der Waals surface area (Å²) >= 11 is 0. The van der Waals surface area contributed by atoms with Gasteiger partial charge in [-0.05, 0) is 43.5 Å². The number of nitrogens with two attached hydrogens (primary N) is 1. The summed E-state index contributed by atoms with van der Waals surface area (Å²) in [7, 11) is -3.82. The number of hydrogen-bond donors (Lipinski definition) is 2. The fourth-order valence-corrected chi connectivity index (χ4v) is 4.46. The van der Waals surface area contributed by atoms with Gasteiger partial charge in [0, 0.05) is 6.54 Å². The van der Waals surface area contributed by atoms with Crippen LogP contribution in [0.1, 0.15) is 24.8 Å². The van der Waals surface area contributed by atoms with Crippen molar-refractivity contribution in [3.05, 3.63) is 29.6 Å². The predicted molar refractivity (Wildman–Crippen MR) is 76.1 cm³/mol. The SMILES string of the molecule is Cc1cc(F)ccc1S(=O)(=O)N1CCCCC1C(N)=NO. The molecule has 0 amide bonds. The van der Waals surface area contributed by atoms with Gasteiger partial charge in [0.2, 0.25) is 10.0 Å². The van der Waals surface area contributed by atoms with Crippen molar-refractivity contribution in [1.82, 2.24) is 4.31 Å². The molecule has 2 rings (SSSR count). The third-order valence-electron chi connectivity index (χ3n) is 3.63. The van der Waals surface area contributed by atoms with Crippen LogP contribution in [-0.2, 0) is 10.0 Å². The van der Waals surface area contributed by atoms with E-state index in [2.05, 4.69) is 5.16 Å². The third-order valence-corrected chi connectivity index (χ3v) is 5.70. The molecule has 8 heteroatoms. The van der Waals surface area contributed by atoms with Gasteiger partial charge in [0.05, 0.1) is 10.9 Å². The summed E-state index contributed by atoms with van der Waals surface area (Å²) in [5.74, 6) is -0.615. The Bertz CT molecular complexity index is 661. The molecule has 21 heavy (non-hydrogen) atoms. The van der Waals surface area contributed by atoms with Gasteiger partial charge in [-0.1, -0.05) is 11.6 Å². The van der Waals surface area contributed by atoms with Gasteiger partial charge in [0.1, 0.15) is 5.82 Å². The maximum Gasteiger partial charge on any atom is 0.244 e. The molecule has 116 valence electrons. The maximum atomic E-state index is 13.2. The Morgan fingerprint density at radius 3 is 2.81 bits per heavy atom. The minimum Gasteiger partial charge on any atom is -0.409 e. The molecule has 6 nitrogen and oxygen atoms in total. The second-order valence-corrected chi connectivity index (χ2v) is 6.92. The lowest BCUT2D eigenvalue weighted by atomic mass is 10.0. The van der Waals surface area contributed by atoms with Gasteiger partial charge in [-0.3, -0.25) is 0 Å². The molecule has 1 fully saturated rings. The maximum absolute atomic E-state index is 13.2. The van der Waals surface area contributed by atoms with Crippen molar-refractivity contribution < 1.29 is 18.0 Å². The molecular formula is C13H18FN3O3S. The predicted octanol–water partition coefficient (Wildman–Crippen LogP) is 1.42. The van der Waals surface area contributed by atoms with Crippen molar-refractivity contribution in [3.8, 4) is 0 Å². The summed E-state index contributed by atoms with van der Waals surface area (Å²) in [4.78, 5) is 0.0431. The number of oxime groups is 1. The Morgan fingerprint density at radius 1 is 1.48 bits per heavy atom. The van der Waals surface area contributed by atoms with E-state index < -0.39 is 21.9 Å². The molecule has 0 aromatic heterocycles. The first-order valence-electron chi connectivity index (χ1n) is 6.63. The van der Waals surface area contributed by atoms with Gasteiger partial charge < -0.3 is 10.9 Å². The zero-order valence-corrected chi connectivity index (χ0v) is 12.5. The Morgan fingerprint density at radius 2 is 2.19 bits per heavy atom. The molecule has 1 aromatic carbocycles. The van der Waals surface area contributed by atoms with E-state index in [1.807, 2.05) is 0 Å². The Labute approximate surface area is 123 Å². The fraction of sp³-hybridized carbons (Fsp3) is 0.462. The van der Waals surface area contributed by atoms with Crippen LogP contribution in [0.5, 0.6) is 0 Å². The molecule has 0 spiro atoms. The number of hydrogen-bond acceptors (Lipinski definition) is 4. The van der Waals surface area contributed by atoms with Crippen LogP contribution in [0.3, 0.4) is 0 Å². The van der Waals surface area contributed by atoms with Gasteiger partial charge in [0.15, 0.2) is 5.84 Å². The number of halogens is 1. The normalized spacial score (nSPS) is 21.4. The van der Waals surface area contributed by atoms with Gasteiger partial charge in [-0.25, -0.2) is 12.8 Å². The van der Waals surface area contributed by atoms with E-state index in [-0.39, 0.29) is 10.7 Å². The number of rotatable bonds is 3. The van der Waals surface area contributed by atoms with Crippen LogP contribution in [0.4, 0.5) is 4.39 Å². The molecule has 0 bridgehead atoms. The van der Waals surface area contributed by atoms with Crippen molar-refractivity contribution >= 4 is 15.9 Å². The zero-order valence-electron chi connectivity index (χ0n) is 11.7. The highest BCUT2D eigenvalue weighted by molar-refractivity contribution is 7.89. The first-order chi connectivity index (χ1) is 9.87. The largest absolute Gasteiger partial charge is 0.409 e. The van der Waals surface area contributed by atoms with E-state index in [1.54, 1.807) is 6.92 Å². The van der Waals surface area contributed by atoms with E-state index in [1.165, 1.54) is 16.4 Å². The number of aryl methyl sites for hydroxylation is 1. The van der Waals surface area contributed by atoms with Gasteiger partial charge in [-0.2, -0.15) is 4.31 Å². The van der Waals surface area contributed by atoms with E-state index >= 15 is 0 Å². The second kappa shape index (κ2) is 5.98. The van der Waals surface area contributed by atoms with Crippen molar-refractivity contribution in [2.45, 2.75) is 37.1 Å². The van der Waals surface area contributed by atoms with Crippen molar-refractivity contribution in [1.29, 1.82) is 0 Å². The van der Waals surface area contributed by atoms with Gasteiger partial charge in [-0.15, -0.1) is 0 Å². The van der Waals surface area contributed by atoms with Crippen molar-refractivity contribution in [2.75, 3.05) is 6.54 Å². The first kappa shape index (κ1) is 15.7. The molecule has 1 unspecified atom stereocenters. The van der Waals surface area contributed by atoms with Crippen LogP contribution >= 0.6 is 0 Å². The fourth-order valence-electron chi connectivity index (χ4n) is 2.58. The lowest BCUT2D eigenvalue weighted by Gasteiger charge is -2.34. The Balaban J connectivity index is 2.45. The smallest absolute Gasteiger partial charge is 0.244 e. The number of sulfonamides is 1. The number of amidine groups is 1. The average Bonchev–Trinajstić information content (AvgIpc) is 2.46. The monoisotopic (exact) mass is 315 g/mol. The summed E-state index contributed by atoms with van der Waals surface area (Å²) in [5.41, 5.74) is 5.94. The van der Waals surface area contributed by atoms with Gasteiger partial charge in [0.25, 0.3) is 0 Å². The highest BCUT2D eigenvalue weighted by atomic mass is 32.2. The summed E-state index contributed by atoms with van der Waals surface area (Å²) in [5, 5.41) is 11.8. The Kier molecular flexibility index (Phi) is 4.48. The quantitative estimate of drug-likeness (QED) is 0.382. The van der Waals surface area contributed by atoms with Crippen LogP contribution in [-0.4, -0.2) is 36.4 Å². The van der Waals surface area contributed by atoms with E-state index in [0.717, 1.165) is 12.5 Å². The van der Waals surface area contributed by atoms with E-state index in [9.17, 15) is 12.8 Å². The molecule has 1 aliphatic heterocycles.